The molecule has 24 heavy (non-hydrogen) atoms. The molecule has 0 fully saturated rings. The molecular weight excluding hydrogens is 306 g/mol. The first-order valence-electron chi connectivity index (χ1n) is 7.95. The molecule has 7 nitrogen and oxygen atoms in total. The minimum absolute atomic E-state index is 0.0943. The number of nitrogens with zero attached hydrogens (tertiary/aromatic N) is 2. The molecule has 5 N–H and O–H groups in total. The van der Waals surface area contributed by atoms with Crippen molar-refractivity contribution in [2.75, 3.05) is 12.3 Å². The zero-order chi connectivity index (χ0) is 17.5. The maximum Gasteiger partial charge on any atom is 0.269 e. The second-order valence-electron chi connectivity index (χ2n) is 5.42. The quantitative estimate of drug-likeness (QED) is 0.310. The average molecular weight is 329 g/mol. The second kappa shape index (κ2) is 8.26. The lowest BCUT2D eigenvalue weighted by Crippen LogP contribution is -2.31. The summed E-state index contributed by atoms with van der Waals surface area (Å²) in [5, 5.41) is 0. The van der Waals surface area contributed by atoms with Crippen LogP contribution in [0.2, 0.25) is 0 Å². The Hall–Kier alpha value is -2.67. The fourth-order valence-electron chi connectivity index (χ4n) is 2.46. The van der Waals surface area contributed by atoms with E-state index in [1.807, 2.05) is 24.3 Å². The normalized spacial score (nSPS) is 10.5. The third kappa shape index (κ3) is 3.99. The average Bonchev–Trinajstić information content (AvgIpc) is 2.58. The van der Waals surface area contributed by atoms with Gasteiger partial charge in [-0.2, -0.15) is 0 Å². The number of hydrogen-bond acceptors (Lipinski definition) is 6. The molecule has 1 amide bonds. The molecule has 0 unspecified atom stereocenters. The van der Waals surface area contributed by atoms with E-state index in [9.17, 15) is 4.79 Å². The van der Waals surface area contributed by atoms with Gasteiger partial charge in [-0.1, -0.05) is 31.9 Å². The lowest BCUT2D eigenvalue weighted by Gasteiger charge is -2.15. The van der Waals surface area contributed by atoms with Crippen LogP contribution in [0.25, 0.3) is 11.3 Å². The molecule has 1 aromatic heterocycles. The first-order valence-corrected chi connectivity index (χ1v) is 7.95. The number of para-hydroxylation sites is 1. The number of nitrogens with one attached hydrogen (secondary N) is 1. The number of benzene rings is 1. The smallest absolute Gasteiger partial charge is 0.269 e. The van der Waals surface area contributed by atoms with E-state index in [0.717, 1.165) is 19.3 Å². The molecule has 0 bridgehead atoms. The summed E-state index contributed by atoms with van der Waals surface area (Å²) in [5.41, 5.74) is 9.75. The number of rotatable bonds is 7. The van der Waals surface area contributed by atoms with E-state index in [4.69, 9.17) is 16.3 Å². The Morgan fingerprint density at radius 1 is 1.25 bits per heavy atom. The van der Waals surface area contributed by atoms with Crippen molar-refractivity contribution in [3.05, 3.63) is 35.5 Å². The van der Waals surface area contributed by atoms with Crippen molar-refractivity contribution in [3.8, 4) is 17.0 Å². The second-order valence-corrected chi connectivity index (χ2v) is 5.42. The fraction of sp³-hybridized carbons (Fsp3) is 0.353. The molecule has 0 radical (unpaired) electrons. The number of carbonyl (C=O) groups is 1. The lowest BCUT2D eigenvalue weighted by atomic mass is 10.0. The number of nitrogens with two attached hydrogens (primary N) is 2. The van der Waals surface area contributed by atoms with E-state index in [2.05, 4.69) is 22.3 Å². The molecule has 2 aromatic rings. The number of hydrazine groups is 1. The summed E-state index contributed by atoms with van der Waals surface area (Å²) in [4.78, 5) is 20.5. The van der Waals surface area contributed by atoms with Gasteiger partial charge in [-0.05, 0) is 25.5 Å². The number of carbonyl (C=O) groups excluding carboxylic acids is 1. The number of amides is 1. The number of aryl methyl sites for hydroxylation is 1. The number of ether oxygens (including phenoxy) is 1. The molecule has 0 aliphatic carbocycles. The highest BCUT2D eigenvalue weighted by atomic mass is 16.5. The van der Waals surface area contributed by atoms with Crippen LogP contribution < -0.4 is 21.7 Å². The van der Waals surface area contributed by atoms with Gasteiger partial charge in [0.25, 0.3) is 5.91 Å². The van der Waals surface area contributed by atoms with Crippen LogP contribution in [0.5, 0.6) is 5.75 Å². The van der Waals surface area contributed by atoms with Gasteiger partial charge in [0.2, 0.25) is 5.95 Å². The van der Waals surface area contributed by atoms with E-state index >= 15 is 0 Å². The van der Waals surface area contributed by atoms with Crippen LogP contribution in [0.15, 0.2) is 24.3 Å². The number of unbranched alkanes of at least 4 members (excludes halogenated alkanes) is 2. The van der Waals surface area contributed by atoms with Crippen molar-refractivity contribution in [1.82, 2.24) is 15.4 Å². The SMILES string of the molecule is CCCCCOc1ccccc1-c1nc(N)nc(C)c1C(=O)NN. The third-order valence-electron chi connectivity index (χ3n) is 3.61. The van der Waals surface area contributed by atoms with Crippen molar-refractivity contribution in [1.29, 1.82) is 0 Å². The van der Waals surface area contributed by atoms with Crippen LogP contribution in [0.4, 0.5) is 5.95 Å². The number of anilines is 1. The molecule has 0 saturated carbocycles. The molecule has 0 aliphatic rings. The highest BCUT2D eigenvalue weighted by molar-refractivity contribution is 6.01. The van der Waals surface area contributed by atoms with Gasteiger partial charge in [0, 0.05) is 5.56 Å². The van der Waals surface area contributed by atoms with E-state index < -0.39 is 5.91 Å². The first kappa shape index (κ1) is 17.7. The van der Waals surface area contributed by atoms with Crippen molar-refractivity contribution in [2.24, 2.45) is 5.84 Å². The molecule has 0 saturated heterocycles. The number of hydrogen-bond donors (Lipinski definition) is 3. The van der Waals surface area contributed by atoms with Gasteiger partial charge in [-0.25, -0.2) is 15.8 Å². The van der Waals surface area contributed by atoms with Crippen molar-refractivity contribution in [2.45, 2.75) is 33.1 Å². The maximum atomic E-state index is 12.2. The minimum atomic E-state index is -0.469. The zero-order valence-corrected chi connectivity index (χ0v) is 14.0. The van der Waals surface area contributed by atoms with Crippen molar-refractivity contribution >= 4 is 11.9 Å². The molecule has 7 heteroatoms. The Morgan fingerprint density at radius 3 is 2.71 bits per heavy atom. The van der Waals surface area contributed by atoms with Gasteiger partial charge < -0.3 is 10.5 Å². The van der Waals surface area contributed by atoms with Crippen LogP contribution in [-0.4, -0.2) is 22.5 Å². The van der Waals surface area contributed by atoms with Gasteiger partial charge in [0.15, 0.2) is 0 Å². The summed E-state index contributed by atoms with van der Waals surface area (Å²) in [6.07, 6.45) is 3.18. The lowest BCUT2D eigenvalue weighted by molar-refractivity contribution is 0.0953. The molecule has 2 rings (SSSR count). The largest absolute Gasteiger partial charge is 0.493 e. The summed E-state index contributed by atoms with van der Waals surface area (Å²) in [6, 6.07) is 7.41. The monoisotopic (exact) mass is 329 g/mol. The van der Waals surface area contributed by atoms with Crippen LogP contribution in [0, 0.1) is 6.92 Å². The van der Waals surface area contributed by atoms with Gasteiger partial charge in [-0.3, -0.25) is 10.2 Å². The summed E-state index contributed by atoms with van der Waals surface area (Å²) in [7, 11) is 0. The topological polar surface area (TPSA) is 116 Å². The molecular formula is C17H23N5O2. The molecule has 1 heterocycles. The van der Waals surface area contributed by atoms with Crippen LogP contribution in [0.3, 0.4) is 0 Å². The van der Waals surface area contributed by atoms with Crippen molar-refractivity contribution in [3.63, 3.8) is 0 Å². The molecule has 0 atom stereocenters. The van der Waals surface area contributed by atoms with E-state index in [1.165, 1.54) is 0 Å². The van der Waals surface area contributed by atoms with E-state index in [0.29, 0.717) is 29.3 Å². The summed E-state index contributed by atoms with van der Waals surface area (Å²) >= 11 is 0. The summed E-state index contributed by atoms with van der Waals surface area (Å²) < 4.78 is 5.88. The van der Waals surface area contributed by atoms with Crippen molar-refractivity contribution < 1.29 is 9.53 Å². The Kier molecular flexibility index (Phi) is 6.08. The highest BCUT2D eigenvalue weighted by Gasteiger charge is 2.21. The molecule has 128 valence electrons. The molecule has 1 aromatic carbocycles. The molecule has 0 spiro atoms. The number of nitrogen functional groups attached to an aromatic ring is 2. The van der Waals surface area contributed by atoms with Crippen LogP contribution in [0.1, 0.15) is 42.2 Å². The van der Waals surface area contributed by atoms with E-state index in [-0.39, 0.29) is 11.5 Å². The first-order chi connectivity index (χ1) is 11.6. The Morgan fingerprint density at radius 2 is 2.00 bits per heavy atom. The number of aromatic nitrogens is 2. The maximum absolute atomic E-state index is 12.2. The zero-order valence-electron chi connectivity index (χ0n) is 14.0. The molecule has 0 aliphatic heterocycles. The van der Waals surface area contributed by atoms with Gasteiger partial charge >= 0.3 is 0 Å². The van der Waals surface area contributed by atoms with Crippen LogP contribution in [-0.2, 0) is 0 Å². The fourth-order valence-corrected chi connectivity index (χ4v) is 2.46. The standard InChI is InChI=1S/C17H23N5O2/c1-3-4-7-10-24-13-9-6-5-8-12(13)15-14(16(23)22-19)11(2)20-17(18)21-15/h5-6,8-9H,3-4,7,10,19H2,1-2H3,(H,22,23)(H2,18,20,21). The predicted molar refractivity (Wildman–Crippen MR) is 93.3 cm³/mol. The Labute approximate surface area is 141 Å². The van der Waals surface area contributed by atoms with Gasteiger partial charge in [-0.15, -0.1) is 0 Å². The summed E-state index contributed by atoms with van der Waals surface area (Å²) in [5.74, 6) is 5.57. The minimum Gasteiger partial charge on any atom is -0.493 e. The van der Waals surface area contributed by atoms with Gasteiger partial charge in [0.05, 0.1) is 23.6 Å². The van der Waals surface area contributed by atoms with Crippen LogP contribution >= 0.6 is 0 Å². The Balaban J connectivity index is 2.46. The van der Waals surface area contributed by atoms with E-state index in [1.54, 1.807) is 6.92 Å². The highest BCUT2D eigenvalue weighted by Crippen LogP contribution is 2.32. The van der Waals surface area contributed by atoms with Gasteiger partial charge in [0.1, 0.15) is 5.75 Å². The predicted octanol–water partition coefficient (Wildman–Crippen LogP) is 2.21. The summed E-state index contributed by atoms with van der Waals surface area (Å²) in [6.45, 7) is 4.43. The third-order valence-corrected chi connectivity index (χ3v) is 3.61. The Bertz CT molecular complexity index is 718.